The van der Waals surface area contributed by atoms with Gasteiger partial charge in [0.15, 0.2) is 0 Å². The molecule has 0 amide bonds. The first-order valence-electron chi connectivity index (χ1n) is 7.55. The summed E-state index contributed by atoms with van der Waals surface area (Å²) in [5.74, 6) is 5.52. The maximum atomic E-state index is 10.3. The van der Waals surface area contributed by atoms with E-state index in [1.165, 1.54) is 32.1 Å². The van der Waals surface area contributed by atoms with Gasteiger partial charge in [0.1, 0.15) is 0 Å². The number of aliphatic hydroxyl groups is 1. The van der Waals surface area contributed by atoms with Crippen LogP contribution in [0.3, 0.4) is 0 Å². The van der Waals surface area contributed by atoms with Crippen LogP contribution in [0.15, 0.2) is 0 Å². The minimum atomic E-state index is -0.680. The van der Waals surface area contributed by atoms with Crippen LogP contribution < -0.4 is 0 Å². The molecule has 3 heteroatoms. The van der Waals surface area contributed by atoms with Crippen LogP contribution in [0, 0.1) is 11.8 Å². The Balaban J connectivity index is 3.06. The zero-order valence-corrected chi connectivity index (χ0v) is 12.0. The highest BCUT2D eigenvalue weighted by atomic mass is 16.4. The third-order valence-corrected chi connectivity index (χ3v) is 3.03. The van der Waals surface area contributed by atoms with Gasteiger partial charge in [0.25, 0.3) is 0 Å². The number of aliphatic hydroxyl groups excluding tert-OH is 1. The van der Waals surface area contributed by atoms with E-state index in [-0.39, 0.29) is 6.61 Å². The maximum absolute atomic E-state index is 10.3. The van der Waals surface area contributed by atoms with Crippen LogP contribution in [0.2, 0.25) is 0 Å². The summed E-state index contributed by atoms with van der Waals surface area (Å²) in [6.07, 6.45) is 12.1. The highest BCUT2D eigenvalue weighted by Gasteiger charge is 1.96. The lowest BCUT2D eigenvalue weighted by Gasteiger charge is -2.00. The van der Waals surface area contributed by atoms with Gasteiger partial charge in [0, 0.05) is 25.9 Å². The second-order valence-corrected chi connectivity index (χ2v) is 4.90. The predicted molar refractivity (Wildman–Crippen MR) is 77.9 cm³/mol. The van der Waals surface area contributed by atoms with Crippen molar-refractivity contribution in [2.45, 2.75) is 77.0 Å². The minimum Gasteiger partial charge on any atom is -0.481 e. The van der Waals surface area contributed by atoms with Gasteiger partial charge in [0.05, 0.1) is 0 Å². The summed E-state index contributed by atoms with van der Waals surface area (Å²) in [4.78, 5) is 10.3. The van der Waals surface area contributed by atoms with Crippen molar-refractivity contribution in [3.63, 3.8) is 0 Å². The normalized spacial score (nSPS) is 9.95. The fraction of sp³-hybridized carbons (Fsp3) is 0.812. The molecule has 2 N–H and O–H groups in total. The molecular weight excluding hydrogens is 240 g/mol. The molecular formula is C16H28O3. The van der Waals surface area contributed by atoms with Crippen molar-refractivity contribution < 1.29 is 15.0 Å². The molecule has 0 aliphatic rings. The molecule has 0 aliphatic carbocycles. The van der Waals surface area contributed by atoms with Crippen molar-refractivity contribution in [2.75, 3.05) is 6.61 Å². The Kier molecular flexibility index (Phi) is 14.2. The third kappa shape index (κ3) is 17.0. The first kappa shape index (κ1) is 18.0. The molecule has 0 saturated carbocycles. The van der Waals surface area contributed by atoms with E-state index in [2.05, 4.69) is 11.8 Å². The van der Waals surface area contributed by atoms with Gasteiger partial charge >= 0.3 is 5.97 Å². The summed E-state index contributed by atoms with van der Waals surface area (Å²) in [7, 11) is 0. The summed E-state index contributed by atoms with van der Waals surface area (Å²) < 4.78 is 0. The van der Waals surface area contributed by atoms with Gasteiger partial charge in [-0.2, -0.15) is 0 Å². The van der Waals surface area contributed by atoms with Crippen molar-refractivity contribution >= 4 is 5.97 Å². The minimum absolute atomic E-state index is 0.237. The summed E-state index contributed by atoms with van der Waals surface area (Å²) in [5, 5.41) is 17.1. The Morgan fingerprint density at radius 3 is 1.74 bits per heavy atom. The first-order valence-corrected chi connectivity index (χ1v) is 7.55. The number of hydrogen-bond donors (Lipinski definition) is 2. The summed E-state index contributed by atoms with van der Waals surface area (Å²) in [6.45, 7) is 0.237. The highest BCUT2D eigenvalue weighted by Crippen LogP contribution is 2.10. The van der Waals surface area contributed by atoms with Crippen molar-refractivity contribution in [2.24, 2.45) is 0 Å². The number of hydrogen-bond acceptors (Lipinski definition) is 2. The van der Waals surface area contributed by atoms with Gasteiger partial charge in [-0.05, 0) is 19.3 Å². The van der Waals surface area contributed by atoms with Gasteiger partial charge in [-0.1, -0.05) is 38.5 Å². The molecule has 0 bridgehead atoms. The summed E-state index contributed by atoms with van der Waals surface area (Å²) in [6, 6.07) is 0. The number of rotatable bonds is 12. The van der Waals surface area contributed by atoms with Gasteiger partial charge in [-0.25, -0.2) is 0 Å². The van der Waals surface area contributed by atoms with Crippen molar-refractivity contribution in [3.05, 3.63) is 0 Å². The van der Waals surface area contributed by atoms with Crippen LogP contribution in [0.25, 0.3) is 0 Å². The number of aliphatic carboxylic acids is 1. The summed E-state index contributed by atoms with van der Waals surface area (Å²) in [5.41, 5.74) is 0. The standard InChI is InChI=1S/C16H28O3/c17-15-13-11-9-7-5-3-1-2-4-6-8-10-12-14-16(18)19/h17H,1-6,8,10-15H2,(H,18,19). The van der Waals surface area contributed by atoms with E-state index in [4.69, 9.17) is 10.2 Å². The smallest absolute Gasteiger partial charge is 0.303 e. The Morgan fingerprint density at radius 1 is 0.737 bits per heavy atom. The van der Waals surface area contributed by atoms with Gasteiger partial charge < -0.3 is 10.2 Å². The SMILES string of the molecule is O=C(O)CCCCCCCCCCC#CCCCO. The number of carboxylic acid groups (broad SMARTS) is 1. The Labute approximate surface area is 117 Å². The molecule has 0 unspecified atom stereocenters. The largest absolute Gasteiger partial charge is 0.481 e. The van der Waals surface area contributed by atoms with Gasteiger partial charge in [0.2, 0.25) is 0 Å². The van der Waals surface area contributed by atoms with Crippen LogP contribution in [-0.4, -0.2) is 22.8 Å². The van der Waals surface area contributed by atoms with E-state index >= 15 is 0 Å². The van der Waals surface area contributed by atoms with E-state index in [0.29, 0.717) is 6.42 Å². The molecule has 0 aromatic rings. The fourth-order valence-corrected chi connectivity index (χ4v) is 1.89. The predicted octanol–water partition coefficient (Wildman–Crippen LogP) is 3.75. The number of carboxylic acids is 1. The highest BCUT2D eigenvalue weighted by molar-refractivity contribution is 5.66. The second kappa shape index (κ2) is 15.0. The lowest BCUT2D eigenvalue weighted by molar-refractivity contribution is -0.137. The number of carbonyl (C=O) groups is 1. The number of unbranched alkanes of at least 4 members (excludes halogenated alkanes) is 9. The van der Waals surface area contributed by atoms with E-state index in [0.717, 1.165) is 38.5 Å². The van der Waals surface area contributed by atoms with Crippen molar-refractivity contribution in [3.8, 4) is 11.8 Å². The lowest BCUT2D eigenvalue weighted by atomic mass is 10.1. The Bertz CT molecular complexity index is 263. The maximum Gasteiger partial charge on any atom is 0.303 e. The molecule has 0 fully saturated rings. The molecule has 0 aromatic carbocycles. The van der Waals surface area contributed by atoms with E-state index < -0.39 is 5.97 Å². The third-order valence-electron chi connectivity index (χ3n) is 3.03. The quantitative estimate of drug-likeness (QED) is 0.418. The zero-order valence-electron chi connectivity index (χ0n) is 12.0. The molecule has 0 spiro atoms. The van der Waals surface area contributed by atoms with Crippen LogP contribution in [0.1, 0.15) is 77.0 Å². The molecule has 0 saturated heterocycles. The zero-order chi connectivity index (χ0) is 14.2. The van der Waals surface area contributed by atoms with Crippen LogP contribution in [0.4, 0.5) is 0 Å². The topological polar surface area (TPSA) is 57.5 Å². The monoisotopic (exact) mass is 268 g/mol. The molecule has 0 heterocycles. The van der Waals surface area contributed by atoms with E-state index in [1.54, 1.807) is 0 Å². The van der Waals surface area contributed by atoms with E-state index in [1.807, 2.05) is 0 Å². The molecule has 0 aliphatic heterocycles. The van der Waals surface area contributed by atoms with Crippen molar-refractivity contribution in [1.29, 1.82) is 0 Å². The molecule has 0 radical (unpaired) electrons. The van der Waals surface area contributed by atoms with Crippen LogP contribution in [0.5, 0.6) is 0 Å². The molecule has 19 heavy (non-hydrogen) atoms. The average Bonchev–Trinajstić information content (AvgIpc) is 2.39. The van der Waals surface area contributed by atoms with Crippen LogP contribution in [-0.2, 0) is 4.79 Å². The second-order valence-electron chi connectivity index (χ2n) is 4.90. The van der Waals surface area contributed by atoms with Crippen molar-refractivity contribution in [1.82, 2.24) is 0 Å². The van der Waals surface area contributed by atoms with Crippen LogP contribution >= 0.6 is 0 Å². The Hall–Kier alpha value is -1.01. The van der Waals surface area contributed by atoms with Gasteiger partial charge in [-0.15, -0.1) is 11.8 Å². The molecule has 0 aromatic heterocycles. The molecule has 110 valence electrons. The summed E-state index contributed by atoms with van der Waals surface area (Å²) >= 11 is 0. The Morgan fingerprint density at radius 2 is 1.21 bits per heavy atom. The van der Waals surface area contributed by atoms with E-state index in [9.17, 15) is 4.79 Å². The first-order chi connectivity index (χ1) is 9.27. The lowest BCUT2D eigenvalue weighted by Crippen LogP contribution is -1.93. The molecule has 3 nitrogen and oxygen atoms in total. The molecule has 0 rings (SSSR count). The fourth-order valence-electron chi connectivity index (χ4n) is 1.89. The molecule has 0 atom stereocenters. The average molecular weight is 268 g/mol. The van der Waals surface area contributed by atoms with Gasteiger partial charge in [-0.3, -0.25) is 4.79 Å².